The molecule has 3 N–H and O–H groups in total. The third-order valence-electron chi connectivity index (χ3n) is 2.64. The lowest BCUT2D eigenvalue weighted by Crippen LogP contribution is -2.28. The molecule has 2 atom stereocenters. The minimum Gasteiger partial charge on any atom is -0.390 e. The Bertz CT molecular complexity index is 274. The van der Waals surface area contributed by atoms with Gasteiger partial charge in [0.1, 0.15) is 0 Å². The van der Waals surface area contributed by atoms with Crippen LogP contribution in [0, 0.1) is 0 Å². The van der Waals surface area contributed by atoms with Gasteiger partial charge < -0.3 is 10.8 Å². The summed E-state index contributed by atoms with van der Waals surface area (Å²) >= 11 is 0. The predicted molar refractivity (Wildman–Crippen MR) is 52.8 cm³/mol. The molecule has 78 valence electrons. The molecule has 0 spiro atoms. The van der Waals surface area contributed by atoms with E-state index in [0.717, 1.165) is 13.1 Å². The SMILES string of the molecule is NCCN1C[C@H](O)[C@@H](n2cccn2)C1. The van der Waals surface area contributed by atoms with Crippen molar-refractivity contribution in [3.05, 3.63) is 18.5 Å². The summed E-state index contributed by atoms with van der Waals surface area (Å²) in [5.74, 6) is 0. The molecule has 0 aliphatic carbocycles. The van der Waals surface area contributed by atoms with Gasteiger partial charge in [-0.15, -0.1) is 0 Å². The van der Waals surface area contributed by atoms with Crippen LogP contribution in [0.1, 0.15) is 6.04 Å². The summed E-state index contributed by atoms with van der Waals surface area (Å²) in [5.41, 5.74) is 5.47. The van der Waals surface area contributed by atoms with E-state index in [1.54, 1.807) is 6.20 Å². The van der Waals surface area contributed by atoms with Crippen molar-refractivity contribution < 1.29 is 5.11 Å². The molecule has 0 saturated carbocycles. The topological polar surface area (TPSA) is 67.3 Å². The molecule has 1 saturated heterocycles. The zero-order chi connectivity index (χ0) is 9.97. The highest BCUT2D eigenvalue weighted by Gasteiger charge is 2.32. The molecule has 0 aromatic carbocycles. The van der Waals surface area contributed by atoms with Crippen molar-refractivity contribution in [1.29, 1.82) is 0 Å². The van der Waals surface area contributed by atoms with Gasteiger partial charge in [0.2, 0.25) is 0 Å². The third-order valence-corrected chi connectivity index (χ3v) is 2.64. The summed E-state index contributed by atoms with van der Waals surface area (Å²) in [5, 5.41) is 14.0. The van der Waals surface area contributed by atoms with Crippen molar-refractivity contribution in [2.24, 2.45) is 5.73 Å². The normalized spacial score (nSPS) is 28.4. The van der Waals surface area contributed by atoms with E-state index >= 15 is 0 Å². The summed E-state index contributed by atoms with van der Waals surface area (Å²) in [6, 6.07) is 1.95. The van der Waals surface area contributed by atoms with E-state index in [2.05, 4.69) is 10.00 Å². The van der Waals surface area contributed by atoms with Gasteiger partial charge in [0, 0.05) is 38.6 Å². The highest BCUT2D eigenvalue weighted by Crippen LogP contribution is 2.20. The fourth-order valence-electron chi connectivity index (χ4n) is 1.95. The predicted octanol–water partition coefficient (Wildman–Crippen LogP) is -0.941. The monoisotopic (exact) mass is 196 g/mol. The summed E-state index contributed by atoms with van der Waals surface area (Å²) in [6.45, 7) is 3.01. The molecule has 0 radical (unpaired) electrons. The Morgan fingerprint density at radius 2 is 2.36 bits per heavy atom. The van der Waals surface area contributed by atoms with Crippen LogP contribution >= 0.6 is 0 Å². The van der Waals surface area contributed by atoms with Gasteiger partial charge in [0.15, 0.2) is 0 Å². The molecule has 1 fully saturated rings. The Kier molecular flexibility index (Phi) is 2.81. The molecule has 5 heteroatoms. The first-order chi connectivity index (χ1) is 6.81. The number of hydrogen-bond acceptors (Lipinski definition) is 4. The van der Waals surface area contributed by atoms with Crippen molar-refractivity contribution >= 4 is 0 Å². The number of nitrogens with zero attached hydrogens (tertiary/aromatic N) is 3. The van der Waals surface area contributed by atoms with Crippen molar-refractivity contribution in [3.8, 4) is 0 Å². The molecule has 1 aromatic heterocycles. The number of hydrogen-bond donors (Lipinski definition) is 2. The fourth-order valence-corrected chi connectivity index (χ4v) is 1.95. The summed E-state index contributed by atoms with van der Waals surface area (Å²) < 4.78 is 1.82. The van der Waals surface area contributed by atoms with Gasteiger partial charge in [-0.1, -0.05) is 0 Å². The largest absolute Gasteiger partial charge is 0.390 e. The second-order valence-corrected chi connectivity index (χ2v) is 3.67. The summed E-state index contributed by atoms with van der Waals surface area (Å²) in [4.78, 5) is 2.16. The molecular formula is C9H16N4O. The lowest BCUT2D eigenvalue weighted by atomic mass is 10.2. The average Bonchev–Trinajstić information content (AvgIpc) is 2.74. The van der Waals surface area contributed by atoms with Gasteiger partial charge in [-0.05, 0) is 6.07 Å². The number of aliphatic hydroxyl groups excluding tert-OH is 1. The van der Waals surface area contributed by atoms with Crippen LogP contribution < -0.4 is 5.73 Å². The van der Waals surface area contributed by atoms with Crippen LogP contribution in [-0.4, -0.2) is 52.1 Å². The summed E-state index contributed by atoms with van der Waals surface area (Å²) in [6.07, 6.45) is 3.29. The Morgan fingerprint density at radius 3 is 3.00 bits per heavy atom. The average molecular weight is 196 g/mol. The highest BCUT2D eigenvalue weighted by molar-refractivity contribution is 4.91. The maximum Gasteiger partial charge on any atom is 0.0917 e. The molecule has 0 unspecified atom stereocenters. The van der Waals surface area contributed by atoms with Crippen molar-refractivity contribution in [2.45, 2.75) is 12.1 Å². The minimum absolute atomic E-state index is 0.0801. The van der Waals surface area contributed by atoms with Crippen LogP contribution in [0.5, 0.6) is 0 Å². The number of rotatable bonds is 3. The Labute approximate surface area is 83.1 Å². The highest BCUT2D eigenvalue weighted by atomic mass is 16.3. The molecule has 1 aliphatic rings. The van der Waals surface area contributed by atoms with Gasteiger partial charge in [-0.2, -0.15) is 5.10 Å². The Hall–Kier alpha value is -0.910. The molecule has 1 aliphatic heterocycles. The molecule has 0 bridgehead atoms. The molecule has 1 aromatic rings. The second-order valence-electron chi connectivity index (χ2n) is 3.67. The number of β-amino-alcohol motifs (C(OH)–C–C–N with tert-alkyl or cyclic N) is 1. The van der Waals surface area contributed by atoms with Crippen LogP contribution in [0.25, 0.3) is 0 Å². The Morgan fingerprint density at radius 1 is 1.50 bits per heavy atom. The van der Waals surface area contributed by atoms with Gasteiger partial charge in [0.25, 0.3) is 0 Å². The van der Waals surface area contributed by atoms with Crippen LogP contribution in [0.2, 0.25) is 0 Å². The zero-order valence-corrected chi connectivity index (χ0v) is 8.08. The standard InChI is InChI=1S/C9H16N4O/c10-2-5-12-6-8(9(14)7-12)13-4-1-3-11-13/h1,3-4,8-9,14H,2,5-7,10H2/t8-,9-/m0/s1. The zero-order valence-electron chi connectivity index (χ0n) is 8.08. The lowest BCUT2D eigenvalue weighted by molar-refractivity contribution is 0.139. The van der Waals surface area contributed by atoms with Gasteiger partial charge in [-0.25, -0.2) is 0 Å². The first-order valence-electron chi connectivity index (χ1n) is 4.91. The fraction of sp³-hybridized carbons (Fsp3) is 0.667. The van der Waals surface area contributed by atoms with E-state index in [1.807, 2.05) is 16.9 Å². The van der Waals surface area contributed by atoms with Crippen molar-refractivity contribution in [2.75, 3.05) is 26.2 Å². The number of nitrogens with two attached hydrogens (primary N) is 1. The van der Waals surface area contributed by atoms with E-state index in [0.29, 0.717) is 13.1 Å². The van der Waals surface area contributed by atoms with Crippen LogP contribution in [0.15, 0.2) is 18.5 Å². The first kappa shape index (κ1) is 9.64. The number of aliphatic hydroxyl groups is 1. The third kappa shape index (κ3) is 1.79. The molecule has 0 amide bonds. The van der Waals surface area contributed by atoms with Crippen molar-refractivity contribution in [3.63, 3.8) is 0 Å². The minimum atomic E-state index is -0.332. The number of aromatic nitrogens is 2. The van der Waals surface area contributed by atoms with Crippen LogP contribution in [0.4, 0.5) is 0 Å². The van der Waals surface area contributed by atoms with E-state index < -0.39 is 0 Å². The maximum atomic E-state index is 9.81. The molecule has 14 heavy (non-hydrogen) atoms. The van der Waals surface area contributed by atoms with E-state index in [1.165, 1.54) is 0 Å². The van der Waals surface area contributed by atoms with E-state index in [4.69, 9.17) is 5.73 Å². The van der Waals surface area contributed by atoms with Gasteiger partial charge in [0.05, 0.1) is 12.1 Å². The summed E-state index contributed by atoms with van der Waals surface area (Å²) in [7, 11) is 0. The quantitative estimate of drug-likeness (QED) is 0.654. The van der Waals surface area contributed by atoms with Crippen LogP contribution in [0.3, 0.4) is 0 Å². The maximum absolute atomic E-state index is 9.81. The molecule has 2 rings (SSSR count). The lowest BCUT2D eigenvalue weighted by Gasteiger charge is -2.14. The van der Waals surface area contributed by atoms with E-state index in [9.17, 15) is 5.11 Å². The van der Waals surface area contributed by atoms with Gasteiger partial charge in [-0.3, -0.25) is 9.58 Å². The smallest absolute Gasteiger partial charge is 0.0917 e. The molecule has 5 nitrogen and oxygen atoms in total. The molecular weight excluding hydrogens is 180 g/mol. The molecule has 2 heterocycles. The first-order valence-corrected chi connectivity index (χ1v) is 4.91. The van der Waals surface area contributed by atoms with E-state index in [-0.39, 0.29) is 12.1 Å². The number of likely N-dealkylation sites (tertiary alicyclic amines) is 1. The Balaban J connectivity index is 2.01. The van der Waals surface area contributed by atoms with Crippen LogP contribution in [-0.2, 0) is 0 Å². The van der Waals surface area contributed by atoms with Crippen molar-refractivity contribution in [1.82, 2.24) is 14.7 Å². The second kappa shape index (κ2) is 4.08. The van der Waals surface area contributed by atoms with Gasteiger partial charge >= 0.3 is 0 Å².